The summed E-state index contributed by atoms with van der Waals surface area (Å²) in [6.45, 7) is 10.5. The molecule has 0 bridgehead atoms. The van der Waals surface area contributed by atoms with E-state index in [0.717, 1.165) is 31.2 Å². The van der Waals surface area contributed by atoms with Gasteiger partial charge in [0, 0.05) is 32.6 Å². The molecular weight excluding hydrogens is 538 g/mol. The molecule has 2 heterocycles. The van der Waals surface area contributed by atoms with Crippen molar-refractivity contribution in [3.8, 4) is 0 Å². The molecule has 2 atom stereocenters. The highest BCUT2D eigenvalue weighted by Gasteiger charge is 2.31. The molecule has 10 nitrogen and oxygen atoms in total. The highest BCUT2D eigenvalue weighted by Crippen LogP contribution is 2.25. The molecule has 1 N–H and O–H groups in total. The molecule has 2 aliphatic rings. The minimum absolute atomic E-state index is 0.0243. The maximum Gasteiger partial charge on any atom is 0.410 e. The first-order valence-electron chi connectivity index (χ1n) is 15.4. The van der Waals surface area contributed by atoms with Crippen LogP contribution in [0.25, 0.3) is 0 Å². The van der Waals surface area contributed by atoms with Crippen LogP contribution in [0, 0.1) is 11.8 Å². The summed E-state index contributed by atoms with van der Waals surface area (Å²) in [5.41, 5.74) is 0.496. The van der Waals surface area contributed by atoms with Gasteiger partial charge in [0.1, 0.15) is 5.60 Å². The number of nitrogens with one attached hydrogen (secondary N) is 1. The number of benzene rings is 1. The lowest BCUT2D eigenvalue weighted by Gasteiger charge is -2.35. The highest BCUT2D eigenvalue weighted by atomic mass is 16.6. The number of carbonyl (C=O) groups excluding carboxylic acids is 4. The Morgan fingerprint density at radius 3 is 2.38 bits per heavy atom. The van der Waals surface area contributed by atoms with Gasteiger partial charge in [-0.15, -0.1) is 0 Å². The van der Waals surface area contributed by atoms with Crippen LogP contribution in [0.4, 0.5) is 4.79 Å². The summed E-state index contributed by atoms with van der Waals surface area (Å²) in [4.78, 5) is 54.4. The number of ether oxygens (including phenoxy) is 3. The fourth-order valence-electron chi connectivity index (χ4n) is 5.42. The second-order valence-electron chi connectivity index (χ2n) is 12.3. The molecule has 3 rings (SSSR count). The van der Waals surface area contributed by atoms with Crippen molar-refractivity contribution in [3.63, 3.8) is 0 Å². The number of hydrogen-bond donors (Lipinski definition) is 1. The molecule has 42 heavy (non-hydrogen) atoms. The van der Waals surface area contributed by atoms with E-state index < -0.39 is 11.6 Å². The molecule has 234 valence electrons. The normalized spacial score (nSPS) is 18.7. The summed E-state index contributed by atoms with van der Waals surface area (Å²) >= 11 is 0. The summed E-state index contributed by atoms with van der Waals surface area (Å²) in [7, 11) is 0. The quantitative estimate of drug-likeness (QED) is 0.363. The van der Waals surface area contributed by atoms with Crippen LogP contribution >= 0.6 is 0 Å². The monoisotopic (exact) mass is 587 g/mol. The molecule has 0 spiro atoms. The van der Waals surface area contributed by atoms with Gasteiger partial charge in [-0.1, -0.05) is 30.3 Å². The second kappa shape index (κ2) is 16.5. The van der Waals surface area contributed by atoms with Gasteiger partial charge in [0.25, 0.3) is 0 Å². The van der Waals surface area contributed by atoms with Crippen molar-refractivity contribution >= 4 is 23.9 Å². The lowest BCUT2D eigenvalue weighted by Crippen LogP contribution is -2.49. The SMILES string of the molecule is CCOC(=O)C[C@@H](COCc1ccccc1)NC(=O)[C@@H]1CCCN(C(=O)CCC2CCN(C(=O)OC(C)(C)C)CC2)C1. The summed E-state index contributed by atoms with van der Waals surface area (Å²) < 4.78 is 16.4. The van der Waals surface area contributed by atoms with Crippen molar-refractivity contribution in [1.29, 1.82) is 0 Å². The molecule has 0 radical (unpaired) electrons. The molecule has 3 amide bonds. The third kappa shape index (κ3) is 11.6. The number of esters is 1. The summed E-state index contributed by atoms with van der Waals surface area (Å²) in [5.74, 6) is -0.436. The third-order valence-electron chi connectivity index (χ3n) is 7.67. The first kappa shape index (κ1) is 33.4. The minimum atomic E-state index is -0.516. The Bertz CT molecular complexity index is 1020. The summed E-state index contributed by atoms with van der Waals surface area (Å²) in [6, 6.07) is 9.20. The zero-order valence-corrected chi connectivity index (χ0v) is 25.8. The van der Waals surface area contributed by atoms with Crippen molar-refractivity contribution in [3.05, 3.63) is 35.9 Å². The fourth-order valence-corrected chi connectivity index (χ4v) is 5.42. The van der Waals surface area contributed by atoms with Gasteiger partial charge >= 0.3 is 12.1 Å². The molecule has 1 aromatic rings. The predicted molar refractivity (Wildman–Crippen MR) is 158 cm³/mol. The van der Waals surface area contributed by atoms with Crippen molar-refractivity contribution < 1.29 is 33.4 Å². The molecular formula is C32H49N3O7. The number of piperidine rings is 2. The van der Waals surface area contributed by atoms with Crippen LogP contribution in [0.2, 0.25) is 0 Å². The van der Waals surface area contributed by atoms with Gasteiger partial charge in [-0.3, -0.25) is 14.4 Å². The van der Waals surface area contributed by atoms with Crippen LogP contribution < -0.4 is 5.32 Å². The van der Waals surface area contributed by atoms with Crippen LogP contribution in [0.15, 0.2) is 30.3 Å². The first-order valence-corrected chi connectivity index (χ1v) is 15.4. The van der Waals surface area contributed by atoms with Crippen LogP contribution in [0.5, 0.6) is 0 Å². The number of rotatable bonds is 12. The Balaban J connectivity index is 1.44. The molecule has 0 unspecified atom stereocenters. The number of carbonyl (C=O) groups is 4. The first-order chi connectivity index (χ1) is 20.0. The van der Waals surface area contributed by atoms with E-state index in [1.807, 2.05) is 51.1 Å². The van der Waals surface area contributed by atoms with E-state index >= 15 is 0 Å². The molecule has 0 saturated carbocycles. The highest BCUT2D eigenvalue weighted by molar-refractivity contribution is 5.82. The molecule has 2 aliphatic heterocycles. The van der Waals surface area contributed by atoms with Crippen LogP contribution in [-0.2, 0) is 35.2 Å². The zero-order chi connectivity index (χ0) is 30.5. The Morgan fingerprint density at radius 2 is 1.71 bits per heavy atom. The largest absolute Gasteiger partial charge is 0.466 e. The van der Waals surface area contributed by atoms with Crippen molar-refractivity contribution in [1.82, 2.24) is 15.1 Å². The molecule has 2 saturated heterocycles. The Morgan fingerprint density at radius 1 is 1.00 bits per heavy atom. The van der Waals surface area contributed by atoms with Crippen LogP contribution in [-0.4, -0.2) is 84.7 Å². The third-order valence-corrected chi connectivity index (χ3v) is 7.67. The van der Waals surface area contributed by atoms with E-state index in [2.05, 4.69) is 5.32 Å². The maximum absolute atomic E-state index is 13.2. The van der Waals surface area contributed by atoms with E-state index in [0.29, 0.717) is 51.5 Å². The Kier molecular flexibility index (Phi) is 13.1. The summed E-state index contributed by atoms with van der Waals surface area (Å²) in [6.07, 6.45) is 4.11. The predicted octanol–water partition coefficient (Wildman–Crippen LogP) is 4.31. The summed E-state index contributed by atoms with van der Waals surface area (Å²) in [5, 5.41) is 2.99. The van der Waals surface area contributed by atoms with Gasteiger partial charge in [0.15, 0.2) is 0 Å². The fraction of sp³-hybridized carbons (Fsp3) is 0.688. The van der Waals surface area contributed by atoms with Crippen molar-refractivity contribution in [2.45, 2.75) is 90.9 Å². The molecule has 0 aliphatic carbocycles. The van der Waals surface area contributed by atoms with Crippen molar-refractivity contribution in [2.24, 2.45) is 11.8 Å². The molecule has 1 aromatic carbocycles. The lowest BCUT2D eigenvalue weighted by molar-refractivity contribution is -0.144. The number of nitrogens with zero attached hydrogens (tertiary/aromatic N) is 2. The van der Waals surface area contributed by atoms with Gasteiger partial charge in [0.2, 0.25) is 11.8 Å². The Labute approximate surface area is 250 Å². The van der Waals surface area contributed by atoms with Gasteiger partial charge in [0.05, 0.1) is 38.2 Å². The maximum atomic E-state index is 13.2. The van der Waals surface area contributed by atoms with Gasteiger partial charge in [-0.2, -0.15) is 0 Å². The van der Waals surface area contributed by atoms with Gasteiger partial charge in [-0.25, -0.2) is 4.79 Å². The lowest BCUT2D eigenvalue weighted by atomic mass is 9.91. The average molecular weight is 588 g/mol. The van der Waals surface area contributed by atoms with E-state index in [9.17, 15) is 19.2 Å². The van der Waals surface area contributed by atoms with E-state index in [1.165, 1.54) is 0 Å². The smallest absolute Gasteiger partial charge is 0.410 e. The van der Waals surface area contributed by atoms with Gasteiger partial charge in [-0.05, 0) is 71.3 Å². The standard InChI is InChI=1S/C32H49N3O7/c1-5-41-29(37)20-27(23-40-22-25-10-7-6-8-11-25)33-30(38)26-12-9-17-35(21-26)28(36)14-13-24-15-18-34(19-16-24)31(39)42-32(2,3)4/h6-8,10-11,24,26-27H,5,9,12-23H2,1-4H3,(H,33,38)/t26-,27+/m1/s1. The number of amides is 3. The minimum Gasteiger partial charge on any atom is -0.466 e. The van der Waals surface area contributed by atoms with E-state index in [4.69, 9.17) is 14.2 Å². The molecule has 10 heteroatoms. The molecule has 2 fully saturated rings. The van der Waals surface area contributed by atoms with E-state index in [1.54, 1.807) is 16.7 Å². The zero-order valence-electron chi connectivity index (χ0n) is 25.8. The second-order valence-corrected chi connectivity index (χ2v) is 12.3. The Hall–Kier alpha value is -3.14. The van der Waals surface area contributed by atoms with Gasteiger partial charge < -0.3 is 29.3 Å². The molecule has 0 aromatic heterocycles. The topological polar surface area (TPSA) is 114 Å². The van der Waals surface area contributed by atoms with Crippen molar-refractivity contribution in [2.75, 3.05) is 39.4 Å². The van der Waals surface area contributed by atoms with Crippen LogP contribution in [0.3, 0.4) is 0 Å². The average Bonchev–Trinajstić information content (AvgIpc) is 2.96. The number of likely N-dealkylation sites (tertiary alicyclic amines) is 2. The van der Waals surface area contributed by atoms with E-state index in [-0.39, 0.29) is 49.4 Å². The number of hydrogen-bond acceptors (Lipinski definition) is 7. The van der Waals surface area contributed by atoms with Crippen LogP contribution in [0.1, 0.15) is 78.2 Å².